The highest BCUT2D eigenvalue weighted by molar-refractivity contribution is 9.10. The zero-order chi connectivity index (χ0) is 15.5. The van der Waals surface area contributed by atoms with E-state index in [1.807, 2.05) is 50.2 Å². The van der Waals surface area contributed by atoms with Crippen molar-refractivity contribution in [3.63, 3.8) is 0 Å². The first-order valence-corrected chi connectivity index (χ1v) is 9.13. The number of hydrogen-bond donors (Lipinski definition) is 1. The third-order valence-corrected chi connectivity index (χ3v) is 5.62. The van der Waals surface area contributed by atoms with Gasteiger partial charge < -0.3 is 0 Å². The van der Waals surface area contributed by atoms with Crippen molar-refractivity contribution in [3.05, 3.63) is 64.1 Å². The average Bonchev–Trinajstić information content (AvgIpc) is 2.43. The molecule has 0 radical (unpaired) electrons. The number of hydrogen-bond acceptors (Lipinski definition) is 2. The van der Waals surface area contributed by atoms with Crippen LogP contribution < -0.4 is 4.72 Å². The monoisotopic (exact) mass is 367 g/mol. The maximum atomic E-state index is 12.3. The van der Waals surface area contributed by atoms with E-state index in [9.17, 15) is 8.42 Å². The molecule has 112 valence electrons. The lowest BCUT2D eigenvalue weighted by atomic mass is 10.0. The Morgan fingerprint density at radius 1 is 1.14 bits per heavy atom. The summed E-state index contributed by atoms with van der Waals surface area (Å²) in [4.78, 5) is 0. The topological polar surface area (TPSA) is 46.2 Å². The lowest BCUT2D eigenvalue weighted by Crippen LogP contribution is -2.20. The molecule has 0 saturated carbocycles. The van der Waals surface area contributed by atoms with Crippen LogP contribution in [-0.4, -0.2) is 14.2 Å². The van der Waals surface area contributed by atoms with E-state index in [0.29, 0.717) is 5.69 Å². The Kier molecular flexibility index (Phi) is 5.06. The molecule has 1 atom stereocenters. The van der Waals surface area contributed by atoms with Gasteiger partial charge in [-0.15, -0.1) is 0 Å². The summed E-state index contributed by atoms with van der Waals surface area (Å²) in [5.74, 6) is 0.000257. The molecule has 3 nitrogen and oxygen atoms in total. The molecule has 2 aromatic rings. The quantitative estimate of drug-likeness (QED) is 0.855. The summed E-state index contributed by atoms with van der Waals surface area (Å²) in [5.41, 5.74) is 2.66. The first-order chi connectivity index (χ1) is 9.87. The predicted molar refractivity (Wildman–Crippen MR) is 91.1 cm³/mol. The summed E-state index contributed by atoms with van der Waals surface area (Å²) in [5, 5.41) is 0. The van der Waals surface area contributed by atoms with Crippen LogP contribution in [0.2, 0.25) is 0 Å². The minimum Gasteiger partial charge on any atom is -0.283 e. The smallest absolute Gasteiger partial charge is 0.233 e. The van der Waals surface area contributed by atoms with Crippen molar-refractivity contribution in [2.24, 2.45) is 0 Å². The molecule has 0 saturated heterocycles. The Bertz CT molecular complexity index is 714. The van der Waals surface area contributed by atoms with E-state index >= 15 is 0 Å². The van der Waals surface area contributed by atoms with Crippen molar-refractivity contribution >= 4 is 31.6 Å². The van der Waals surface area contributed by atoms with Crippen molar-refractivity contribution < 1.29 is 8.42 Å². The number of halogens is 1. The van der Waals surface area contributed by atoms with Crippen LogP contribution in [0.3, 0.4) is 0 Å². The molecule has 1 unspecified atom stereocenters. The fourth-order valence-corrected chi connectivity index (χ4v) is 3.88. The van der Waals surface area contributed by atoms with Gasteiger partial charge in [0.15, 0.2) is 0 Å². The zero-order valence-corrected chi connectivity index (χ0v) is 14.4. The molecule has 0 aliphatic heterocycles. The number of aryl methyl sites for hydroxylation is 1. The van der Waals surface area contributed by atoms with Crippen LogP contribution in [-0.2, 0) is 10.0 Å². The lowest BCUT2D eigenvalue weighted by molar-refractivity contribution is 0.595. The highest BCUT2D eigenvalue weighted by atomic mass is 79.9. The Hall–Kier alpha value is -1.33. The standard InChI is InChI=1S/C16H18BrNO2S/c1-12-8-9-15(10-16(12)17)18-21(19,20)11-13(2)14-6-4-3-5-7-14/h3-10,13,18H,11H2,1-2H3. The normalized spacial score (nSPS) is 12.9. The van der Waals surface area contributed by atoms with Gasteiger partial charge in [-0.1, -0.05) is 59.3 Å². The Balaban J connectivity index is 2.10. The summed E-state index contributed by atoms with van der Waals surface area (Å²) >= 11 is 3.41. The predicted octanol–water partition coefficient (Wildman–Crippen LogP) is 4.30. The second-order valence-corrected chi connectivity index (χ2v) is 7.78. The number of sulfonamides is 1. The summed E-state index contributed by atoms with van der Waals surface area (Å²) in [6.07, 6.45) is 0. The van der Waals surface area contributed by atoms with Gasteiger partial charge in [0.2, 0.25) is 10.0 Å². The highest BCUT2D eigenvalue weighted by Crippen LogP contribution is 2.23. The van der Waals surface area contributed by atoms with Crippen LogP contribution >= 0.6 is 15.9 Å². The SMILES string of the molecule is Cc1ccc(NS(=O)(=O)CC(C)c2ccccc2)cc1Br. The maximum absolute atomic E-state index is 12.3. The summed E-state index contributed by atoms with van der Waals surface area (Å²) in [6.45, 7) is 3.87. The second-order valence-electron chi connectivity index (χ2n) is 5.16. The number of benzene rings is 2. The minimum atomic E-state index is -3.38. The lowest BCUT2D eigenvalue weighted by Gasteiger charge is -2.14. The van der Waals surface area contributed by atoms with Crippen LogP contribution in [0.15, 0.2) is 53.0 Å². The molecule has 0 aliphatic rings. The molecule has 5 heteroatoms. The van der Waals surface area contributed by atoms with E-state index in [0.717, 1.165) is 15.6 Å². The summed E-state index contributed by atoms with van der Waals surface area (Å²) in [7, 11) is -3.38. The molecule has 2 aromatic carbocycles. The minimum absolute atomic E-state index is 0.0578. The van der Waals surface area contributed by atoms with Crippen LogP contribution in [0.25, 0.3) is 0 Å². The third-order valence-electron chi connectivity index (χ3n) is 3.28. The van der Waals surface area contributed by atoms with Gasteiger partial charge >= 0.3 is 0 Å². The second kappa shape index (κ2) is 6.62. The molecule has 0 aliphatic carbocycles. The van der Waals surface area contributed by atoms with E-state index in [1.54, 1.807) is 12.1 Å². The Morgan fingerprint density at radius 3 is 2.43 bits per heavy atom. The first-order valence-electron chi connectivity index (χ1n) is 6.69. The fourth-order valence-electron chi connectivity index (χ4n) is 2.08. The molecule has 2 rings (SSSR count). The van der Waals surface area contributed by atoms with E-state index in [2.05, 4.69) is 20.7 Å². The van der Waals surface area contributed by atoms with Crippen molar-refractivity contribution in [2.75, 3.05) is 10.5 Å². The van der Waals surface area contributed by atoms with Gasteiger partial charge in [0.25, 0.3) is 0 Å². The average molecular weight is 368 g/mol. The van der Waals surface area contributed by atoms with Crippen LogP contribution in [0.4, 0.5) is 5.69 Å². The van der Waals surface area contributed by atoms with E-state index in [-0.39, 0.29) is 11.7 Å². The molecule has 0 fully saturated rings. The van der Waals surface area contributed by atoms with Crippen molar-refractivity contribution in [2.45, 2.75) is 19.8 Å². The highest BCUT2D eigenvalue weighted by Gasteiger charge is 2.17. The van der Waals surface area contributed by atoms with E-state index in [4.69, 9.17) is 0 Å². The van der Waals surface area contributed by atoms with Crippen LogP contribution in [0, 0.1) is 6.92 Å². The zero-order valence-electron chi connectivity index (χ0n) is 12.0. The van der Waals surface area contributed by atoms with Crippen LogP contribution in [0.5, 0.6) is 0 Å². The Morgan fingerprint density at radius 2 is 1.81 bits per heavy atom. The number of anilines is 1. The first kappa shape index (κ1) is 16.0. The summed E-state index contributed by atoms with van der Waals surface area (Å²) < 4.78 is 28.0. The number of rotatable bonds is 5. The molecule has 0 heterocycles. The van der Waals surface area contributed by atoms with Gasteiger partial charge in [-0.05, 0) is 36.1 Å². The molecule has 1 N–H and O–H groups in total. The van der Waals surface area contributed by atoms with Gasteiger partial charge in [-0.3, -0.25) is 4.72 Å². The molecule has 0 aromatic heterocycles. The largest absolute Gasteiger partial charge is 0.283 e. The van der Waals surface area contributed by atoms with Crippen molar-refractivity contribution in [1.82, 2.24) is 0 Å². The van der Waals surface area contributed by atoms with Gasteiger partial charge in [-0.2, -0.15) is 0 Å². The molecular formula is C16H18BrNO2S. The molecule has 0 spiro atoms. The van der Waals surface area contributed by atoms with E-state index < -0.39 is 10.0 Å². The fraction of sp³-hybridized carbons (Fsp3) is 0.250. The van der Waals surface area contributed by atoms with Crippen molar-refractivity contribution in [3.8, 4) is 0 Å². The van der Waals surface area contributed by atoms with Gasteiger partial charge in [0, 0.05) is 10.2 Å². The molecule has 0 bridgehead atoms. The molecule has 21 heavy (non-hydrogen) atoms. The molecular weight excluding hydrogens is 350 g/mol. The van der Waals surface area contributed by atoms with E-state index in [1.165, 1.54) is 0 Å². The number of nitrogens with one attached hydrogen (secondary N) is 1. The maximum Gasteiger partial charge on any atom is 0.233 e. The van der Waals surface area contributed by atoms with Crippen molar-refractivity contribution in [1.29, 1.82) is 0 Å². The van der Waals surface area contributed by atoms with Gasteiger partial charge in [0.05, 0.1) is 5.75 Å². The summed E-state index contributed by atoms with van der Waals surface area (Å²) in [6, 6.07) is 15.1. The Labute approximate surface area is 134 Å². The third kappa shape index (κ3) is 4.58. The molecule has 0 amide bonds. The van der Waals surface area contributed by atoms with Crippen LogP contribution in [0.1, 0.15) is 24.0 Å². The van der Waals surface area contributed by atoms with Gasteiger partial charge in [-0.25, -0.2) is 8.42 Å². The van der Waals surface area contributed by atoms with Gasteiger partial charge in [0.1, 0.15) is 0 Å².